The molecular formula is C109H92F4N12O14. The number of carbonyl (C=O) groups is 6. The van der Waals surface area contributed by atoms with Crippen molar-refractivity contribution in [1.82, 2.24) is 58.7 Å². The minimum atomic E-state index is -2.93. The lowest BCUT2D eigenvalue weighted by atomic mass is 9.87. The summed E-state index contributed by atoms with van der Waals surface area (Å²) in [6.07, 6.45) is 21.1. The van der Waals surface area contributed by atoms with Crippen LogP contribution in [0.1, 0.15) is 136 Å². The van der Waals surface area contributed by atoms with Crippen molar-refractivity contribution in [2.45, 2.75) is 79.6 Å². The van der Waals surface area contributed by atoms with E-state index in [0.717, 1.165) is 98.0 Å². The van der Waals surface area contributed by atoms with Gasteiger partial charge in [0.05, 0.1) is 105 Å². The summed E-state index contributed by atoms with van der Waals surface area (Å²) in [5, 5.41) is 80.1. The maximum Gasteiger partial charge on any atom is 0.335 e. The van der Waals surface area contributed by atoms with Gasteiger partial charge in [0.2, 0.25) is 6.79 Å². The van der Waals surface area contributed by atoms with Crippen molar-refractivity contribution in [1.29, 1.82) is 0 Å². The molecule has 0 radical (unpaired) electrons. The first kappa shape index (κ1) is 97.1. The summed E-state index contributed by atoms with van der Waals surface area (Å²) in [7, 11) is 0. The van der Waals surface area contributed by atoms with E-state index in [0.29, 0.717) is 28.3 Å². The monoisotopic (exact) mass is 1870 g/mol. The van der Waals surface area contributed by atoms with Gasteiger partial charge in [0, 0.05) is 102 Å². The molecule has 6 aromatic heterocycles. The third kappa shape index (κ3) is 24.5. The SMILES string of the molecule is CC(C)(C)c1ccc(-n2cc(-c3cccc(C(=O)O)c3)cn2)cc1.CC(F)(F)c1cccc(-n2cc(-c3ccc(C(=O)O)cc3)cn2)c1.CC(F)(F)c1cccc(-n2cc(-c3cccc(C(=O)O)c3)cn2)c1.Cc1ccc(-n2cc(-c3ccc(C(=O)O)cc3)cn2)cc1C.Cc1ccc(-n2cc(-c3cccc(C(=O)O)c3)cn2)cc1C.O=C(O)c1cccc(-c2cnn(-c3ccc4c(c3)OCO4)c2)c1. The van der Waals surface area contributed by atoms with Gasteiger partial charge >= 0.3 is 35.8 Å². The van der Waals surface area contributed by atoms with Crippen molar-refractivity contribution in [2.24, 2.45) is 0 Å². The van der Waals surface area contributed by atoms with Crippen LogP contribution in [0.25, 0.3) is 101 Å². The zero-order valence-electron chi connectivity index (χ0n) is 76.4. The summed E-state index contributed by atoms with van der Waals surface area (Å²) in [5.41, 5.74) is 22.4. The van der Waals surface area contributed by atoms with Crippen LogP contribution >= 0.6 is 0 Å². The van der Waals surface area contributed by atoms with E-state index in [1.165, 1.54) is 79.6 Å². The Morgan fingerprint density at radius 2 is 0.518 bits per heavy atom. The molecule has 26 nitrogen and oxygen atoms in total. The van der Waals surface area contributed by atoms with Crippen LogP contribution in [0.5, 0.6) is 11.5 Å². The molecule has 139 heavy (non-hydrogen) atoms. The number of nitrogens with zero attached hydrogens (tertiary/aromatic N) is 12. The molecule has 0 saturated carbocycles. The maximum absolute atomic E-state index is 13.5. The highest BCUT2D eigenvalue weighted by Crippen LogP contribution is 2.37. The van der Waals surface area contributed by atoms with E-state index in [4.69, 9.17) is 40.1 Å². The summed E-state index contributed by atoms with van der Waals surface area (Å²) < 4.78 is 74.6. The van der Waals surface area contributed by atoms with Crippen LogP contribution in [0.3, 0.4) is 0 Å². The van der Waals surface area contributed by atoms with Crippen molar-refractivity contribution in [3.8, 4) is 112 Å². The highest BCUT2D eigenvalue weighted by Gasteiger charge is 2.27. The Morgan fingerprint density at radius 3 is 0.813 bits per heavy atom. The zero-order chi connectivity index (χ0) is 99.1. The van der Waals surface area contributed by atoms with Crippen LogP contribution < -0.4 is 9.47 Å². The number of fused-ring (bicyclic) bond motifs is 1. The number of ether oxygens (including phenoxy) is 2. The molecule has 0 aliphatic carbocycles. The van der Waals surface area contributed by atoms with Gasteiger partial charge in [0.25, 0.3) is 11.8 Å². The normalized spacial score (nSPS) is 11.3. The Balaban J connectivity index is 0.000000133. The van der Waals surface area contributed by atoms with Crippen LogP contribution in [-0.2, 0) is 17.3 Å². The average Bonchev–Trinajstić information content (AvgIpc) is 1.77. The second-order valence-corrected chi connectivity index (χ2v) is 33.6. The quantitative estimate of drug-likeness (QED) is 0.0386. The van der Waals surface area contributed by atoms with Gasteiger partial charge in [-0.1, -0.05) is 142 Å². The predicted octanol–water partition coefficient (Wildman–Crippen LogP) is 23.9. The van der Waals surface area contributed by atoms with Crippen molar-refractivity contribution >= 4 is 35.8 Å². The second-order valence-electron chi connectivity index (χ2n) is 33.6. The van der Waals surface area contributed by atoms with E-state index in [1.807, 2.05) is 90.1 Å². The molecule has 30 heteroatoms. The van der Waals surface area contributed by atoms with E-state index in [-0.39, 0.29) is 56.7 Å². The molecule has 0 spiro atoms. The lowest BCUT2D eigenvalue weighted by Gasteiger charge is -2.19. The summed E-state index contributed by atoms with van der Waals surface area (Å²) in [6, 6.07) is 78.4. The van der Waals surface area contributed by atoms with Crippen molar-refractivity contribution < 1.29 is 86.4 Å². The van der Waals surface area contributed by atoms with Crippen molar-refractivity contribution in [3.05, 3.63) is 420 Å². The lowest BCUT2D eigenvalue weighted by molar-refractivity contribution is 0.0168. The van der Waals surface area contributed by atoms with Crippen LogP contribution in [0.2, 0.25) is 0 Å². The van der Waals surface area contributed by atoms with E-state index in [2.05, 4.69) is 115 Å². The first-order valence-corrected chi connectivity index (χ1v) is 43.3. The smallest absolute Gasteiger partial charge is 0.335 e. The largest absolute Gasteiger partial charge is 0.478 e. The molecule has 0 unspecified atom stereocenters. The molecule has 12 aromatic carbocycles. The molecule has 0 saturated heterocycles. The minimum Gasteiger partial charge on any atom is -0.478 e. The molecule has 19 rings (SSSR count). The van der Waals surface area contributed by atoms with Crippen LogP contribution in [-0.4, -0.2) is 132 Å². The molecule has 6 N–H and O–H groups in total. The van der Waals surface area contributed by atoms with Gasteiger partial charge in [0.15, 0.2) is 11.5 Å². The third-order valence-electron chi connectivity index (χ3n) is 22.6. The molecule has 0 bridgehead atoms. The standard InChI is InChI=1S/C20H20N2O2.2C18H14F2N2O2.2C18H16N2O2.C17H12N2O4/c1-20(2,3)17-7-9-18(10-8-17)22-13-16(12-21-22)14-5-4-6-15(11-14)19(23)24;1-18(19,20)15-6-3-7-16(9-15)22-11-14(10-21-22)12-4-2-5-13(8-12)17(23)24;1-18(19,20)15-3-2-4-16(9-15)22-11-14(10-21-22)12-5-7-13(8-6-12)17(23)24;1-12-3-8-17(9-13(12)2)20-11-16(10-19-20)14-4-6-15(7-5-14)18(21)22;1-12-6-7-17(8-13(12)2)20-11-16(10-19-20)14-4-3-5-15(9-14)18(21)22;20-17(21)12-3-1-2-11(6-12)13-8-18-19(9-13)14-4-5-15-16(7-14)23-10-22-15/h4-13H,1-3H3,(H,23,24);2*2-11H,1H3,(H,23,24);2*3-11H,1-2H3,(H,21,22);1-9H,10H2,(H,20,21). The Morgan fingerprint density at radius 1 is 0.252 bits per heavy atom. The molecule has 0 atom stereocenters. The Labute approximate surface area is 795 Å². The molecule has 0 amide bonds. The summed E-state index contributed by atoms with van der Waals surface area (Å²) >= 11 is 0. The van der Waals surface area contributed by atoms with Gasteiger partial charge in [-0.2, -0.15) is 30.6 Å². The molecule has 1 aliphatic rings. The molecule has 0 fully saturated rings. The number of aromatic carboxylic acids is 6. The highest BCUT2D eigenvalue weighted by atomic mass is 19.3. The van der Waals surface area contributed by atoms with Crippen LogP contribution in [0.15, 0.2) is 347 Å². The van der Waals surface area contributed by atoms with Gasteiger partial charge in [-0.3, -0.25) is 0 Å². The molecular weight excluding hydrogens is 1780 g/mol. The van der Waals surface area contributed by atoms with Crippen LogP contribution in [0.4, 0.5) is 17.6 Å². The van der Waals surface area contributed by atoms with Crippen molar-refractivity contribution in [3.63, 3.8) is 0 Å². The zero-order valence-corrected chi connectivity index (χ0v) is 76.4. The number of hydrogen-bond donors (Lipinski definition) is 6. The number of alkyl halides is 4. The van der Waals surface area contributed by atoms with E-state index < -0.39 is 47.7 Å². The number of carboxylic acids is 6. The van der Waals surface area contributed by atoms with Crippen molar-refractivity contribution in [2.75, 3.05) is 6.79 Å². The fourth-order valence-electron chi connectivity index (χ4n) is 14.3. The fraction of sp³-hybridized carbons (Fsp3) is 0.119. The number of carboxylic acid groups (broad SMARTS) is 6. The van der Waals surface area contributed by atoms with E-state index >= 15 is 0 Å². The first-order chi connectivity index (χ1) is 66.3. The molecule has 700 valence electrons. The van der Waals surface area contributed by atoms with Gasteiger partial charge in [-0.05, 0) is 240 Å². The first-order valence-electron chi connectivity index (χ1n) is 43.3. The maximum atomic E-state index is 13.5. The second kappa shape index (κ2) is 42.1. The molecule has 18 aromatic rings. The summed E-state index contributed by atoms with van der Waals surface area (Å²) in [4.78, 5) is 66.0. The molecule has 1 aliphatic heterocycles. The number of hydrogen-bond acceptors (Lipinski definition) is 14. The van der Waals surface area contributed by atoms with E-state index in [9.17, 15) is 46.3 Å². The average molecular weight is 1870 g/mol. The summed E-state index contributed by atoms with van der Waals surface area (Å²) in [5.74, 6) is -10.2. The number of aryl methyl sites for hydroxylation is 4. The van der Waals surface area contributed by atoms with Gasteiger partial charge in [-0.25, -0.2) is 74.4 Å². The number of rotatable bonds is 20. The Bertz CT molecular complexity index is 7520. The predicted molar refractivity (Wildman–Crippen MR) is 519 cm³/mol. The van der Waals surface area contributed by atoms with Gasteiger partial charge < -0.3 is 40.1 Å². The van der Waals surface area contributed by atoms with Crippen LogP contribution in [0, 0.1) is 27.7 Å². The Kier molecular flexibility index (Phi) is 29.4. The number of halogens is 4. The van der Waals surface area contributed by atoms with Gasteiger partial charge in [-0.15, -0.1) is 0 Å². The lowest BCUT2D eigenvalue weighted by Crippen LogP contribution is -2.10. The fourth-order valence-corrected chi connectivity index (χ4v) is 14.3. The number of benzene rings is 12. The molecule has 7 heterocycles. The summed E-state index contributed by atoms with van der Waals surface area (Å²) in [6.45, 7) is 16.8. The Hall–Kier alpha value is -18.0. The topological polar surface area (TPSA) is 349 Å². The third-order valence-corrected chi connectivity index (χ3v) is 22.6. The highest BCUT2D eigenvalue weighted by molar-refractivity contribution is 5.93. The number of aromatic nitrogens is 12. The minimum absolute atomic E-state index is 0.0807. The van der Waals surface area contributed by atoms with Gasteiger partial charge in [0.1, 0.15) is 0 Å². The van der Waals surface area contributed by atoms with E-state index in [1.54, 1.807) is 197 Å².